The van der Waals surface area contributed by atoms with E-state index in [9.17, 15) is 14.0 Å². The highest BCUT2D eigenvalue weighted by molar-refractivity contribution is 6.00. The number of anilines is 1. The molecule has 2 fully saturated rings. The van der Waals surface area contributed by atoms with E-state index < -0.39 is 11.7 Å². The largest absolute Gasteiger partial charge is 0.356 e. The van der Waals surface area contributed by atoms with Crippen molar-refractivity contribution < 1.29 is 14.0 Å². The highest BCUT2D eigenvalue weighted by Gasteiger charge is 2.35. The van der Waals surface area contributed by atoms with E-state index in [-0.39, 0.29) is 30.5 Å². The fourth-order valence-corrected chi connectivity index (χ4v) is 3.73. The normalized spacial score (nSPS) is 22.0. The molecule has 0 radical (unpaired) electrons. The van der Waals surface area contributed by atoms with Crippen LogP contribution in [0.1, 0.15) is 32.6 Å². The van der Waals surface area contributed by atoms with Gasteiger partial charge in [-0.2, -0.15) is 0 Å². The molecule has 6 heteroatoms. The van der Waals surface area contributed by atoms with Crippen LogP contribution in [0.15, 0.2) is 24.3 Å². The van der Waals surface area contributed by atoms with Crippen LogP contribution in [0.4, 0.5) is 10.1 Å². The third-order valence-corrected chi connectivity index (χ3v) is 5.47. The lowest BCUT2D eigenvalue weighted by molar-refractivity contribution is -0.126. The molecule has 0 saturated carbocycles. The molecule has 0 spiro atoms. The summed E-state index contributed by atoms with van der Waals surface area (Å²) in [5, 5.41) is 2.94. The van der Waals surface area contributed by atoms with Gasteiger partial charge in [-0.15, -0.1) is 0 Å². The van der Waals surface area contributed by atoms with Crippen LogP contribution < -0.4 is 10.2 Å². The molecule has 142 valence electrons. The third kappa shape index (κ3) is 4.61. The van der Waals surface area contributed by atoms with Gasteiger partial charge in [0.05, 0.1) is 11.6 Å². The van der Waals surface area contributed by atoms with Gasteiger partial charge >= 0.3 is 0 Å². The van der Waals surface area contributed by atoms with Gasteiger partial charge in [-0.1, -0.05) is 19.1 Å². The van der Waals surface area contributed by atoms with Gasteiger partial charge in [0.1, 0.15) is 5.82 Å². The van der Waals surface area contributed by atoms with Crippen LogP contribution in [-0.4, -0.2) is 49.4 Å². The topological polar surface area (TPSA) is 52.7 Å². The average Bonchev–Trinajstić information content (AvgIpc) is 3.02. The number of likely N-dealkylation sites (tertiary alicyclic amines) is 1. The maximum absolute atomic E-state index is 13.9. The van der Waals surface area contributed by atoms with Crippen molar-refractivity contribution in [3.8, 4) is 0 Å². The number of rotatable bonds is 6. The Balaban J connectivity index is 1.41. The molecule has 1 aromatic rings. The van der Waals surface area contributed by atoms with Crippen molar-refractivity contribution in [3.05, 3.63) is 30.1 Å². The number of hydrogen-bond donors (Lipinski definition) is 1. The summed E-state index contributed by atoms with van der Waals surface area (Å²) < 4.78 is 13.9. The second-order valence-electron chi connectivity index (χ2n) is 7.53. The lowest BCUT2D eigenvalue weighted by atomic mass is 9.99. The SMILES string of the molecule is CC1CCN(CCCNC(=O)C2CC(=O)N(c3ccccc3F)C2)CC1. The molecular formula is C20H28FN3O2. The van der Waals surface area contributed by atoms with Crippen LogP contribution in [0.2, 0.25) is 0 Å². The lowest BCUT2D eigenvalue weighted by Crippen LogP contribution is -2.37. The Hall–Kier alpha value is -1.95. The van der Waals surface area contributed by atoms with Crippen molar-refractivity contribution >= 4 is 17.5 Å². The Morgan fingerprint density at radius 3 is 2.73 bits per heavy atom. The zero-order valence-corrected chi connectivity index (χ0v) is 15.4. The van der Waals surface area contributed by atoms with Crippen LogP contribution in [-0.2, 0) is 9.59 Å². The molecule has 1 aromatic carbocycles. The van der Waals surface area contributed by atoms with E-state index >= 15 is 0 Å². The van der Waals surface area contributed by atoms with Gasteiger partial charge in [0.25, 0.3) is 0 Å². The number of nitrogens with one attached hydrogen (secondary N) is 1. The first kappa shape index (κ1) is 18.8. The van der Waals surface area contributed by atoms with Gasteiger partial charge < -0.3 is 15.1 Å². The van der Waals surface area contributed by atoms with E-state index in [4.69, 9.17) is 0 Å². The Bertz CT molecular complexity index is 644. The standard InChI is InChI=1S/C20H28FN3O2/c1-15-7-11-23(12-8-15)10-4-9-22-20(26)16-13-19(25)24(14-16)18-6-3-2-5-17(18)21/h2-3,5-6,15-16H,4,7-14H2,1H3,(H,22,26). The third-order valence-electron chi connectivity index (χ3n) is 5.47. The fraction of sp³-hybridized carbons (Fsp3) is 0.600. The molecule has 2 aliphatic rings. The molecule has 2 amide bonds. The fourth-order valence-electron chi connectivity index (χ4n) is 3.73. The summed E-state index contributed by atoms with van der Waals surface area (Å²) in [6.45, 7) is 6.45. The van der Waals surface area contributed by atoms with Crippen molar-refractivity contribution in [2.75, 3.05) is 37.6 Å². The first-order valence-electron chi connectivity index (χ1n) is 9.59. The predicted molar refractivity (Wildman–Crippen MR) is 99.3 cm³/mol. The second-order valence-corrected chi connectivity index (χ2v) is 7.53. The number of para-hydroxylation sites is 1. The minimum absolute atomic E-state index is 0.107. The number of piperidine rings is 1. The van der Waals surface area contributed by atoms with Crippen molar-refractivity contribution in [3.63, 3.8) is 0 Å². The van der Waals surface area contributed by atoms with E-state index in [1.54, 1.807) is 18.2 Å². The highest BCUT2D eigenvalue weighted by Crippen LogP contribution is 2.27. The van der Waals surface area contributed by atoms with Gasteiger partial charge in [-0.05, 0) is 56.9 Å². The molecule has 0 aromatic heterocycles. The van der Waals surface area contributed by atoms with Crippen LogP contribution in [0.3, 0.4) is 0 Å². The first-order valence-corrected chi connectivity index (χ1v) is 9.59. The summed E-state index contributed by atoms with van der Waals surface area (Å²) in [4.78, 5) is 28.4. The minimum Gasteiger partial charge on any atom is -0.356 e. The number of carbonyl (C=O) groups excluding carboxylic acids is 2. The van der Waals surface area contributed by atoms with Gasteiger partial charge in [-0.25, -0.2) is 4.39 Å². The quantitative estimate of drug-likeness (QED) is 0.792. The molecule has 3 rings (SSSR count). The molecule has 1 N–H and O–H groups in total. The number of hydrogen-bond acceptors (Lipinski definition) is 3. The van der Waals surface area contributed by atoms with Crippen LogP contribution in [0.5, 0.6) is 0 Å². The summed E-state index contributed by atoms with van der Waals surface area (Å²) in [6.07, 6.45) is 3.56. The Morgan fingerprint density at radius 1 is 1.27 bits per heavy atom. The number of amides is 2. The van der Waals surface area contributed by atoms with Crippen LogP contribution >= 0.6 is 0 Å². The van der Waals surface area contributed by atoms with Gasteiger partial charge in [0, 0.05) is 19.5 Å². The summed E-state index contributed by atoms with van der Waals surface area (Å²) in [5.41, 5.74) is 0.257. The molecular weight excluding hydrogens is 333 g/mol. The molecule has 0 bridgehead atoms. The van der Waals surface area contributed by atoms with Crippen molar-refractivity contribution in [2.45, 2.75) is 32.6 Å². The maximum atomic E-state index is 13.9. The number of benzene rings is 1. The predicted octanol–water partition coefficient (Wildman–Crippen LogP) is 2.42. The van der Waals surface area contributed by atoms with E-state index in [1.165, 1.54) is 23.8 Å². The van der Waals surface area contributed by atoms with Crippen molar-refractivity contribution in [1.82, 2.24) is 10.2 Å². The number of carbonyl (C=O) groups is 2. The Morgan fingerprint density at radius 2 is 2.00 bits per heavy atom. The van der Waals surface area contributed by atoms with Gasteiger partial charge in [-0.3, -0.25) is 9.59 Å². The zero-order valence-electron chi connectivity index (χ0n) is 15.4. The molecule has 26 heavy (non-hydrogen) atoms. The average molecular weight is 361 g/mol. The van der Waals surface area contributed by atoms with Crippen molar-refractivity contribution in [2.24, 2.45) is 11.8 Å². The zero-order chi connectivity index (χ0) is 18.5. The van der Waals surface area contributed by atoms with Gasteiger partial charge in [0.15, 0.2) is 0 Å². The first-order chi connectivity index (χ1) is 12.5. The van der Waals surface area contributed by atoms with E-state index in [0.717, 1.165) is 32.0 Å². The second kappa shape index (κ2) is 8.62. The molecule has 1 unspecified atom stereocenters. The van der Waals surface area contributed by atoms with E-state index in [0.29, 0.717) is 6.54 Å². The van der Waals surface area contributed by atoms with E-state index in [2.05, 4.69) is 17.1 Å². The monoisotopic (exact) mass is 361 g/mol. The number of halogens is 1. The molecule has 2 aliphatic heterocycles. The summed E-state index contributed by atoms with van der Waals surface area (Å²) >= 11 is 0. The smallest absolute Gasteiger partial charge is 0.227 e. The van der Waals surface area contributed by atoms with Crippen molar-refractivity contribution in [1.29, 1.82) is 0 Å². The molecule has 2 saturated heterocycles. The Labute approximate surface area is 154 Å². The van der Waals surface area contributed by atoms with E-state index in [1.807, 2.05) is 0 Å². The lowest BCUT2D eigenvalue weighted by Gasteiger charge is -2.30. The number of nitrogens with zero attached hydrogens (tertiary/aromatic N) is 2. The van der Waals surface area contributed by atoms with Crippen LogP contribution in [0.25, 0.3) is 0 Å². The summed E-state index contributed by atoms with van der Waals surface area (Å²) in [6, 6.07) is 6.19. The molecule has 5 nitrogen and oxygen atoms in total. The summed E-state index contributed by atoms with van der Waals surface area (Å²) in [5.74, 6) is -0.318. The highest BCUT2D eigenvalue weighted by atomic mass is 19.1. The summed E-state index contributed by atoms with van der Waals surface area (Å²) in [7, 11) is 0. The molecule has 0 aliphatic carbocycles. The Kier molecular flexibility index (Phi) is 6.25. The maximum Gasteiger partial charge on any atom is 0.227 e. The minimum atomic E-state index is -0.433. The molecule has 2 heterocycles. The van der Waals surface area contributed by atoms with Gasteiger partial charge in [0.2, 0.25) is 11.8 Å². The molecule has 1 atom stereocenters. The van der Waals surface area contributed by atoms with Crippen LogP contribution in [0, 0.1) is 17.7 Å².